The van der Waals surface area contributed by atoms with Crippen molar-refractivity contribution < 1.29 is 9.90 Å². The molecule has 1 fully saturated rings. The quantitative estimate of drug-likeness (QED) is 0.373. The van der Waals surface area contributed by atoms with Gasteiger partial charge in [-0.3, -0.25) is 15.1 Å². The Morgan fingerprint density at radius 1 is 1.31 bits per heavy atom. The second kappa shape index (κ2) is 9.84. The molecule has 0 saturated carbocycles. The molecule has 4 rings (SSSR count). The number of nitrogens with two attached hydrogens (primary N) is 1. The van der Waals surface area contributed by atoms with Crippen molar-refractivity contribution >= 4 is 17.4 Å². The summed E-state index contributed by atoms with van der Waals surface area (Å²) in [7, 11) is 0. The number of carbonyl (C=O) groups excluding carboxylic acids is 1. The van der Waals surface area contributed by atoms with Crippen LogP contribution in [0, 0.1) is 5.41 Å². The summed E-state index contributed by atoms with van der Waals surface area (Å²) in [5.74, 6) is -0.329. The number of nitrogens with one attached hydrogen (secondary N) is 2. The fourth-order valence-electron chi connectivity index (χ4n) is 5.33. The lowest BCUT2D eigenvalue weighted by molar-refractivity contribution is -0.117. The number of aliphatic hydroxyl groups is 1. The van der Waals surface area contributed by atoms with E-state index in [4.69, 9.17) is 11.1 Å². The Morgan fingerprint density at radius 3 is 2.88 bits per heavy atom. The highest BCUT2D eigenvalue weighted by molar-refractivity contribution is 6.00. The van der Waals surface area contributed by atoms with Gasteiger partial charge in [0.05, 0.1) is 12.5 Å². The van der Waals surface area contributed by atoms with Crippen molar-refractivity contribution in [1.29, 1.82) is 5.41 Å². The van der Waals surface area contributed by atoms with E-state index in [1.54, 1.807) is 6.07 Å². The molecular formula is C26H34N4O2. The van der Waals surface area contributed by atoms with Gasteiger partial charge in [0.15, 0.2) is 0 Å². The second-order valence-electron chi connectivity index (χ2n) is 9.03. The average Bonchev–Trinajstić information content (AvgIpc) is 3.27. The molecule has 1 saturated heterocycles. The normalized spacial score (nSPS) is 21.8. The molecule has 3 atom stereocenters. The van der Waals surface area contributed by atoms with Crippen molar-refractivity contribution in [3.05, 3.63) is 64.7 Å². The number of likely N-dealkylation sites (tertiary alicyclic amines) is 1. The van der Waals surface area contributed by atoms with Crippen LogP contribution in [0.2, 0.25) is 0 Å². The molecule has 32 heavy (non-hydrogen) atoms. The molecule has 1 amide bonds. The minimum atomic E-state index is -0.318. The van der Waals surface area contributed by atoms with E-state index in [1.807, 2.05) is 30.3 Å². The Labute approximate surface area is 190 Å². The number of benzene rings is 2. The SMILES string of the molecule is CCCCC(c1cccc2c1CC(c1cccc(C(=N)N)c1)C(=O)N2)N1CCCC1CO. The zero-order chi connectivity index (χ0) is 22.7. The van der Waals surface area contributed by atoms with E-state index in [1.165, 1.54) is 11.1 Å². The third-order valence-electron chi connectivity index (χ3n) is 7.02. The van der Waals surface area contributed by atoms with Crippen molar-refractivity contribution in [3.8, 4) is 0 Å². The van der Waals surface area contributed by atoms with Crippen LogP contribution in [0.4, 0.5) is 5.69 Å². The molecule has 0 aliphatic carbocycles. The van der Waals surface area contributed by atoms with Gasteiger partial charge in [0.1, 0.15) is 5.84 Å². The van der Waals surface area contributed by atoms with Crippen LogP contribution >= 0.6 is 0 Å². The number of amides is 1. The number of anilines is 1. The van der Waals surface area contributed by atoms with Gasteiger partial charge in [0.2, 0.25) is 5.91 Å². The van der Waals surface area contributed by atoms with Gasteiger partial charge in [-0.05, 0) is 61.1 Å². The zero-order valence-electron chi connectivity index (χ0n) is 18.8. The predicted molar refractivity (Wildman–Crippen MR) is 128 cm³/mol. The van der Waals surface area contributed by atoms with Gasteiger partial charge >= 0.3 is 0 Å². The van der Waals surface area contributed by atoms with Crippen LogP contribution < -0.4 is 11.1 Å². The highest BCUT2D eigenvalue weighted by Gasteiger charge is 2.35. The van der Waals surface area contributed by atoms with E-state index >= 15 is 0 Å². The summed E-state index contributed by atoms with van der Waals surface area (Å²) in [4.78, 5) is 15.5. The van der Waals surface area contributed by atoms with Gasteiger partial charge in [0, 0.05) is 23.3 Å². The van der Waals surface area contributed by atoms with E-state index in [2.05, 4.69) is 23.2 Å². The third-order valence-corrected chi connectivity index (χ3v) is 7.02. The first kappa shape index (κ1) is 22.5. The van der Waals surface area contributed by atoms with E-state index in [-0.39, 0.29) is 36.4 Å². The number of rotatable bonds is 8. The predicted octanol–water partition coefficient (Wildman–Crippen LogP) is 3.94. The first-order valence-electron chi connectivity index (χ1n) is 11.8. The molecule has 2 aliphatic rings. The molecule has 3 unspecified atom stereocenters. The molecule has 6 nitrogen and oxygen atoms in total. The van der Waals surface area contributed by atoms with Gasteiger partial charge in [-0.1, -0.05) is 50.1 Å². The Hall–Kier alpha value is -2.70. The van der Waals surface area contributed by atoms with Crippen LogP contribution in [0.5, 0.6) is 0 Å². The van der Waals surface area contributed by atoms with Crippen LogP contribution in [0.25, 0.3) is 0 Å². The summed E-state index contributed by atoms with van der Waals surface area (Å²) in [6.07, 6.45) is 6.06. The van der Waals surface area contributed by atoms with E-state index in [0.29, 0.717) is 12.0 Å². The number of aliphatic hydroxyl groups excluding tert-OH is 1. The van der Waals surface area contributed by atoms with Crippen LogP contribution in [0.3, 0.4) is 0 Å². The highest BCUT2D eigenvalue weighted by atomic mass is 16.3. The monoisotopic (exact) mass is 434 g/mol. The first-order chi connectivity index (χ1) is 15.5. The summed E-state index contributed by atoms with van der Waals surface area (Å²) < 4.78 is 0. The molecule has 0 radical (unpaired) electrons. The van der Waals surface area contributed by atoms with Crippen molar-refractivity contribution in [3.63, 3.8) is 0 Å². The molecule has 5 N–H and O–H groups in total. The molecule has 2 heterocycles. The van der Waals surface area contributed by atoms with Crippen molar-refractivity contribution in [2.45, 2.75) is 63.5 Å². The smallest absolute Gasteiger partial charge is 0.232 e. The lowest BCUT2D eigenvalue weighted by Gasteiger charge is -2.36. The molecule has 6 heteroatoms. The summed E-state index contributed by atoms with van der Waals surface area (Å²) in [5, 5.41) is 20.9. The van der Waals surface area contributed by atoms with Gasteiger partial charge < -0.3 is 16.2 Å². The molecule has 170 valence electrons. The highest BCUT2D eigenvalue weighted by Crippen LogP contribution is 2.41. The summed E-state index contributed by atoms with van der Waals surface area (Å²) >= 11 is 0. The molecule has 0 spiro atoms. The Morgan fingerprint density at radius 2 is 2.12 bits per heavy atom. The Kier molecular flexibility index (Phi) is 6.92. The lowest BCUT2D eigenvalue weighted by atomic mass is 9.82. The minimum absolute atomic E-state index is 0.00728. The van der Waals surface area contributed by atoms with Gasteiger partial charge in [-0.2, -0.15) is 0 Å². The number of hydrogen-bond acceptors (Lipinski definition) is 4. The Bertz CT molecular complexity index is 990. The standard InChI is InChI=1S/C26H34N4O2/c1-2-3-12-24(30-13-6-9-19(30)16-31)20-10-5-11-23-22(20)15-21(26(32)29-23)17-7-4-8-18(14-17)25(27)28/h4-5,7-8,10-11,14,19,21,24,31H,2-3,6,9,12-13,15-16H2,1H3,(H3,27,28)(H,29,32). The number of fused-ring (bicyclic) bond motifs is 1. The van der Waals surface area contributed by atoms with Crippen molar-refractivity contribution in [2.75, 3.05) is 18.5 Å². The van der Waals surface area contributed by atoms with Crippen molar-refractivity contribution in [2.24, 2.45) is 5.73 Å². The third kappa shape index (κ3) is 4.43. The molecule has 2 aromatic rings. The molecular weight excluding hydrogens is 400 g/mol. The van der Waals surface area contributed by atoms with Gasteiger partial charge in [-0.25, -0.2) is 0 Å². The lowest BCUT2D eigenvalue weighted by Crippen LogP contribution is -2.37. The average molecular weight is 435 g/mol. The maximum atomic E-state index is 13.0. The maximum absolute atomic E-state index is 13.0. The van der Waals surface area contributed by atoms with Gasteiger partial charge in [0.25, 0.3) is 0 Å². The fraction of sp³-hybridized carbons (Fsp3) is 0.462. The van der Waals surface area contributed by atoms with Crippen LogP contribution in [0.15, 0.2) is 42.5 Å². The maximum Gasteiger partial charge on any atom is 0.232 e. The number of nitrogen functional groups attached to an aromatic ring is 1. The molecule has 0 bridgehead atoms. The van der Waals surface area contributed by atoms with E-state index in [9.17, 15) is 9.90 Å². The Balaban J connectivity index is 1.71. The molecule has 0 aromatic heterocycles. The van der Waals surface area contributed by atoms with Crippen LogP contribution in [0.1, 0.15) is 73.2 Å². The number of nitrogens with zero attached hydrogens (tertiary/aromatic N) is 1. The number of unbranched alkanes of at least 4 members (excludes halogenated alkanes) is 1. The number of amidine groups is 1. The second-order valence-corrected chi connectivity index (χ2v) is 9.03. The van der Waals surface area contributed by atoms with E-state index < -0.39 is 0 Å². The number of hydrogen-bond donors (Lipinski definition) is 4. The van der Waals surface area contributed by atoms with Crippen LogP contribution in [-0.4, -0.2) is 40.9 Å². The molecule has 2 aliphatic heterocycles. The minimum Gasteiger partial charge on any atom is -0.395 e. The summed E-state index contributed by atoms with van der Waals surface area (Å²) in [6, 6.07) is 14.1. The fourth-order valence-corrected chi connectivity index (χ4v) is 5.33. The van der Waals surface area contributed by atoms with Crippen molar-refractivity contribution in [1.82, 2.24) is 4.90 Å². The van der Waals surface area contributed by atoms with E-state index in [0.717, 1.165) is 49.9 Å². The summed E-state index contributed by atoms with van der Waals surface area (Å²) in [5.41, 5.74) is 10.6. The zero-order valence-corrected chi connectivity index (χ0v) is 18.8. The largest absolute Gasteiger partial charge is 0.395 e. The van der Waals surface area contributed by atoms with Gasteiger partial charge in [-0.15, -0.1) is 0 Å². The first-order valence-corrected chi connectivity index (χ1v) is 11.8. The number of carbonyl (C=O) groups is 1. The molecule has 2 aromatic carbocycles. The topological polar surface area (TPSA) is 102 Å². The summed E-state index contributed by atoms with van der Waals surface area (Å²) in [6.45, 7) is 3.40. The van der Waals surface area contributed by atoms with Crippen LogP contribution in [-0.2, 0) is 11.2 Å².